The number of nitrogens with zero attached hydrogens (tertiary/aromatic N) is 3. The maximum absolute atomic E-state index is 11.0. The Morgan fingerprint density at radius 3 is 2.43 bits per heavy atom. The lowest BCUT2D eigenvalue weighted by Gasteiger charge is -2.39. The fraction of sp³-hybridized carbons (Fsp3) is 0.500. The van der Waals surface area contributed by atoms with E-state index in [1.807, 2.05) is 30.3 Å². The summed E-state index contributed by atoms with van der Waals surface area (Å²) in [7, 11) is 0. The van der Waals surface area contributed by atoms with Crippen LogP contribution in [0.4, 0.5) is 0 Å². The van der Waals surface area contributed by atoms with Crippen molar-refractivity contribution in [3.8, 4) is 6.07 Å². The molecule has 2 aromatic rings. The highest BCUT2D eigenvalue weighted by atomic mass is 16.3. The minimum atomic E-state index is -1.02. The predicted molar refractivity (Wildman–Crippen MR) is 84.5 cm³/mol. The van der Waals surface area contributed by atoms with Gasteiger partial charge in [-0.15, -0.1) is 0 Å². The molecular formula is C18H20N4O. The second-order valence-corrected chi connectivity index (χ2v) is 6.91. The van der Waals surface area contributed by atoms with Gasteiger partial charge < -0.3 is 5.11 Å². The van der Waals surface area contributed by atoms with Crippen molar-refractivity contribution in [1.82, 2.24) is 15.2 Å². The quantitative estimate of drug-likeness (QED) is 0.913. The number of benzene rings is 1. The van der Waals surface area contributed by atoms with Crippen molar-refractivity contribution in [2.45, 2.75) is 55.5 Å². The first-order valence-electron chi connectivity index (χ1n) is 8.27. The summed E-state index contributed by atoms with van der Waals surface area (Å²) in [6, 6.07) is 12.4. The van der Waals surface area contributed by atoms with Gasteiger partial charge in [-0.2, -0.15) is 10.4 Å². The minimum absolute atomic E-state index is 0.492. The van der Waals surface area contributed by atoms with Crippen LogP contribution in [0, 0.1) is 11.3 Å². The van der Waals surface area contributed by atoms with Crippen LogP contribution in [0.2, 0.25) is 0 Å². The Kier molecular flexibility index (Phi) is 3.24. The first kappa shape index (κ1) is 14.4. The average Bonchev–Trinajstić information content (AvgIpc) is 3.33. The maximum atomic E-state index is 11.0. The first-order chi connectivity index (χ1) is 11.2. The second kappa shape index (κ2) is 5.17. The molecule has 0 bridgehead atoms. The van der Waals surface area contributed by atoms with Crippen LogP contribution < -0.4 is 0 Å². The largest absolute Gasteiger partial charge is 0.382 e. The fourth-order valence-electron chi connectivity index (χ4n) is 3.56. The normalized spacial score (nSPS) is 30.8. The van der Waals surface area contributed by atoms with E-state index < -0.39 is 11.0 Å². The van der Waals surface area contributed by atoms with E-state index in [9.17, 15) is 10.4 Å². The molecule has 1 aromatic carbocycles. The topological polar surface area (TPSA) is 85.6 Å². The molecule has 23 heavy (non-hydrogen) atoms. The molecule has 1 heterocycles. The maximum Gasteiger partial charge on any atom is 0.182 e. The van der Waals surface area contributed by atoms with Gasteiger partial charge >= 0.3 is 0 Å². The third-order valence-corrected chi connectivity index (χ3v) is 5.35. The van der Waals surface area contributed by atoms with E-state index >= 15 is 0 Å². The number of nitriles is 1. The summed E-state index contributed by atoms with van der Waals surface area (Å²) in [6.07, 6.45) is 4.57. The summed E-state index contributed by atoms with van der Waals surface area (Å²) in [5.74, 6) is 1.89. The van der Waals surface area contributed by atoms with E-state index in [-0.39, 0.29) is 0 Å². The lowest BCUT2D eigenvalue weighted by atomic mass is 9.66. The third kappa shape index (κ3) is 2.43. The molecule has 1 aromatic heterocycles. The number of hydrogen-bond donors (Lipinski definition) is 2. The summed E-state index contributed by atoms with van der Waals surface area (Å²) < 4.78 is 0. The molecule has 2 saturated carbocycles. The van der Waals surface area contributed by atoms with Crippen molar-refractivity contribution < 1.29 is 5.11 Å². The van der Waals surface area contributed by atoms with Gasteiger partial charge in [-0.25, -0.2) is 4.98 Å². The Morgan fingerprint density at radius 2 is 1.83 bits per heavy atom. The van der Waals surface area contributed by atoms with Crippen molar-refractivity contribution in [3.05, 3.63) is 47.5 Å². The van der Waals surface area contributed by atoms with E-state index in [0.717, 1.165) is 24.2 Å². The predicted octanol–water partition coefficient (Wildman–Crippen LogP) is 2.91. The van der Waals surface area contributed by atoms with E-state index in [1.165, 1.54) is 0 Å². The van der Waals surface area contributed by atoms with Gasteiger partial charge in [-0.05, 0) is 44.1 Å². The lowest BCUT2D eigenvalue weighted by molar-refractivity contribution is -0.0213. The molecule has 5 heteroatoms. The lowest BCUT2D eigenvalue weighted by Crippen LogP contribution is -2.39. The molecular weight excluding hydrogens is 288 g/mol. The smallest absolute Gasteiger partial charge is 0.182 e. The Labute approximate surface area is 135 Å². The zero-order valence-corrected chi connectivity index (χ0v) is 13.0. The van der Waals surface area contributed by atoms with Crippen LogP contribution in [0.15, 0.2) is 30.3 Å². The molecule has 5 nitrogen and oxygen atoms in total. The summed E-state index contributed by atoms with van der Waals surface area (Å²) >= 11 is 0. The molecule has 0 aliphatic heterocycles. The minimum Gasteiger partial charge on any atom is -0.382 e. The zero-order valence-electron chi connectivity index (χ0n) is 13.0. The molecule has 2 aliphatic carbocycles. The standard InChI is InChI=1S/C18H20N4O/c19-12-17(14-4-2-1-3-5-14)8-10-18(23,11-9-17)16-20-15(21-22-16)13-6-7-13/h1-5,13,23H,6-11H2,(H,20,21,22)/t17-,18-. The Bertz CT molecular complexity index is 734. The summed E-state index contributed by atoms with van der Waals surface area (Å²) in [5.41, 5.74) is -0.486. The van der Waals surface area contributed by atoms with Gasteiger partial charge in [0.2, 0.25) is 0 Å². The Hall–Kier alpha value is -2.19. The van der Waals surface area contributed by atoms with Crippen LogP contribution in [-0.4, -0.2) is 20.3 Å². The van der Waals surface area contributed by atoms with Gasteiger partial charge in [-0.1, -0.05) is 30.3 Å². The molecule has 0 unspecified atom stereocenters. The third-order valence-electron chi connectivity index (χ3n) is 5.35. The van der Waals surface area contributed by atoms with Crippen molar-refractivity contribution in [2.75, 3.05) is 0 Å². The molecule has 0 radical (unpaired) electrons. The highest BCUT2D eigenvalue weighted by Gasteiger charge is 2.46. The average molecular weight is 308 g/mol. The van der Waals surface area contributed by atoms with Gasteiger partial charge in [0.15, 0.2) is 5.82 Å². The SMILES string of the molecule is N#C[C@]1(c2ccccc2)CC[C@@](O)(c2n[nH]c(C3CC3)n2)CC1. The highest BCUT2D eigenvalue weighted by molar-refractivity contribution is 5.33. The number of hydrogen-bond acceptors (Lipinski definition) is 4. The summed E-state index contributed by atoms with van der Waals surface area (Å²) in [4.78, 5) is 4.51. The van der Waals surface area contributed by atoms with E-state index in [2.05, 4.69) is 21.3 Å². The molecule has 2 fully saturated rings. The Morgan fingerprint density at radius 1 is 1.13 bits per heavy atom. The first-order valence-corrected chi connectivity index (χ1v) is 8.27. The number of nitrogens with one attached hydrogen (secondary N) is 1. The van der Waals surface area contributed by atoms with Gasteiger partial charge in [-0.3, -0.25) is 5.10 Å². The number of aromatic amines is 1. The van der Waals surface area contributed by atoms with Crippen LogP contribution in [0.1, 0.15) is 61.7 Å². The van der Waals surface area contributed by atoms with Crippen molar-refractivity contribution >= 4 is 0 Å². The zero-order chi connectivity index (χ0) is 15.9. The van der Waals surface area contributed by atoms with Crippen molar-refractivity contribution in [3.63, 3.8) is 0 Å². The van der Waals surface area contributed by atoms with Crippen LogP contribution in [-0.2, 0) is 11.0 Å². The molecule has 0 spiro atoms. The van der Waals surface area contributed by atoms with Crippen molar-refractivity contribution in [1.29, 1.82) is 5.26 Å². The van der Waals surface area contributed by atoms with Crippen LogP contribution in [0.3, 0.4) is 0 Å². The van der Waals surface area contributed by atoms with Gasteiger partial charge in [0.05, 0.1) is 11.5 Å². The number of rotatable bonds is 3. The fourth-order valence-corrected chi connectivity index (χ4v) is 3.56. The van der Waals surface area contributed by atoms with E-state index in [0.29, 0.717) is 37.4 Å². The number of H-pyrrole nitrogens is 1. The molecule has 0 saturated heterocycles. The van der Waals surface area contributed by atoms with Gasteiger partial charge in [0, 0.05) is 5.92 Å². The van der Waals surface area contributed by atoms with Crippen molar-refractivity contribution in [2.24, 2.45) is 0 Å². The highest BCUT2D eigenvalue weighted by Crippen LogP contribution is 2.46. The number of aromatic nitrogens is 3. The Balaban J connectivity index is 1.56. The van der Waals surface area contributed by atoms with E-state index in [4.69, 9.17) is 0 Å². The van der Waals surface area contributed by atoms with E-state index in [1.54, 1.807) is 0 Å². The van der Waals surface area contributed by atoms with Crippen LogP contribution >= 0.6 is 0 Å². The van der Waals surface area contributed by atoms with Gasteiger partial charge in [0.25, 0.3) is 0 Å². The summed E-state index contributed by atoms with van der Waals surface area (Å²) in [5, 5.41) is 28.0. The van der Waals surface area contributed by atoms with Crippen LogP contribution in [0.5, 0.6) is 0 Å². The second-order valence-electron chi connectivity index (χ2n) is 6.91. The van der Waals surface area contributed by atoms with Gasteiger partial charge in [0.1, 0.15) is 11.4 Å². The van der Waals surface area contributed by atoms with Crippen LogP contribution in [0.25, 0.3) is 0 Å². The monoisotopic (exact) mass is 308 g/mol. The summed E-state index contributed by atoms with van der Waals surface area (Å²) in [6.45, 7) is 0. The molecule has 118 valence electrons. The molecule has 0 atom stereocenters. The number of aliphatic hydroxyl groups is 1. The molecule has 2 N–H and O–H groups in total. The molecule has 2 aliphatic rings. The molecule has 4 rings (SSSR count). The molecule has 0 amide bonds.